The third-order valence-electron chi connectivity index (χ3n) is 6.91. The van der Waals surface area contributed by atoms with Crippen molar-refractivity contribution in [2.75, 3.05) is 7.11 Å². The summed E-state index contributed by atoms with van der Waals surface area (Å²) >= 11 is 12.8. The van der Waals surface area contributed by atoms with Crippen molar-refractivity contribution < 1.29 is 9.53 Å². The number of halogens is 2. The molecule has 6 heteroatoms. The summed E-state index contributed by atoms with van der Waals surface area (Å²) in [6, 6.07) is 13.7. The summed E-state index contributed by atoms with van der Waals surface area (Å²) in [6.07, 6.45) is 1.65. The summed E-state index contributed by atoms with van der Waals surface area (Å²) in [5, 5.41) is 11.0. The van der Waals surface area contributed by atoms with Gasteiger partial charge in [-0.25, -0.2) is 5.26 Å². The van der Waals surface area contributed by atoms with Crippen LogP contribution in [-0.2, 0) is 4.79 Å². The van der Waals surface area contributed by atoms with E-state index in [2.05, 4.69) is 25.0 Å². The Kier molecular flexibility index (Phi) is 5.64. The van der Waals surface area contributed by atoms with Crippen LogP contribution in [0.25, 0.3) is 0 Å². The fraction of sp³-hybridized carbons (Fsp3) is 0.391. The van der Waals surface area contributed by atoms with E-state index < -0.39 is 6.71 Å². The SMILES string of the molecule is COc1ccc(C2CCC3C(=O)B(C#N)C(C)C3C2c2ccc(Cl)cc2)c(Cl)c1. The topological polar surface area (TPSA) is 50.1 Å². The Hall–Kier alpha value is -1.96. The molecule has 2 fully saturated rings. The predicted octanol–water partition coefficient (Wildman–Crippen LogP) is 5.97. The minimum absolute atomic E-state index is 0.0120. The predicted molar refractivity (Wildman–Crippen MR) is 117 cm³/mol. The van der Waals surface area contributed by atoms with Crippen LogP contribution in [0.1, 0.15) is 42.7 Å². The highest BCUT2D eigenvalue weighted by atomic mass is 35.5. The number of carbonyl (C=O) groups excluding carboxylic acids is 1. The number of carbonyl (C=O) groups is 1. The van der Waals surface area contributed by atoms with Crippen molar-refractivity contribution in [3.63, 3.8) is 0 Å². The Morgan fingerprint density at radius 2 is 1.79 bits per heavy atom. The number of ether oxygens (including phenoxy) is 1. The molecular formula is C23H22BCl2NO2. The first-order chi connectivity index (χ1) is 14.0. The fourth-order valence-corrected chi connectivity index (χ4v) is 6.03. The number of fused-ring (bicyclic) bond motifs is 1. The molecule has 2 aromatic carbocycles. The molecule has 1 saturated heterocycles. The number of hydrogen-bond acceptors (Lipinski definition) is 3. The monoisotopic (exact) mass is 425 g/mol. The van der Waals surface area contributed by atoms with E-state index in [0.29, 0.717) is 10.0 Å². The molecule has 0 bridgehead atoms. The molecule has 4 rings (SSSR count). The van der Waals surface area contributed by atoms with Crippen LogP contribution in [-0.4, -0.2) is 19.5 Å². The van der Waals surface area contributed by atoms with E-state index in [0.717, 1.165) is 29.7 Å². The maximum atomic E-state index is 12.9. The molecule has 3 nitrogen and oxygen atoms in total. The molecule has 1 saturated carbocycles. The standard InChI is InChI=1S/C23H22BCl2NO2/c1-13-21-19(23(28)24(13)12-27)10-9-18(17-8-7-16(29-2)11-20(17)26)22(21)14-3-5-15(25)6-4-14/h3-8,11,13,18-19,21-22H,9-10H2,1-2H3. The Balaban J connectivity index is 1.82. The van der Waals surface area contributed by atoms with Crippen molar-refractivity contribution in [3.05, 3.63) is 63.6 Å². The zero-order valence-electron chi connectivity index (χ0n) is 16.4. The van der Waals surface area contributed by atoms with Crippen LogP contribution in [0.15, 0.2) is 42.5 Å². The molecule has 0 spiro atoms. The highest BCUT2D eigenvalue weighted by Gasteiger charge is 2.56. The number of methoxy groups -OCH3 is 1. The number of nitrogens with zero attached hydrogens (tertiary/aromatic N) is 1. The van der Waals surface area contributed by atoms with E-state index in [1.807, 2.05) is 30.3 Å². The van der Waals surface area contributed by atoms with Crippen molar-refractivity contribution in [1.29, 1.82) is 5.26 Å². The zero-order chi connectivity index (χ0) is 20.7. The summed E-state index contributed by atoms with van der Waals surface area (Å²) in [5.41, 5.74) is 2.34. The average Bonchev–Trinajstić information content (AvgIpc) is 2.97. The molecule has 2 aliphatic rings. The molecule has 5 unspecified atom stereocenters. The van der Waals surface area contributed by atoms with Gasteiger partial charge in [-0.05, 0) is 71.8 Å². The Labute approximate surface area is 182 Å². The number of benzene rings is 2. The van der Waals surface area contributed by atoms with Gasteiger partial charge in [0.15, 0.2) is 0 Å². The lowest BCUT2D eigenvalue weighted by atomic mass is 9.42. The van der Waals surface area contributed by atoms with Crippen LogP contribution in [0.2, 0.25) is 15.9 Å². The Bertz CT molecular complexity index is 972. The summed E-state index contributed by atoms with van der Waals surface area (Å²) in [5.74, 6) is 3.33. The zero-order valence-corrected chi connectivity index (χ0v) is 18.0. The maximum absolute atomic E-state index is 12.9. The minimum Gasteiger partial charge on any atom is -0.497 e. The van der Waals surface area contributed by atoms with Crippen LogP contribution in [0.4, 0.5) is 0 Å². The van der Waals surface area contributed by atoms with E-state index in [1.54, 1.807) is 7.11 Å². The molecule has 2 aromatic rings. The Morgan fingerprint density at radius 1 is 1.10 bits per heavy atom. The third kappa shape index (κ3) is 3.45. The fourth-order valence-electron chi connectivity index (χ4n) is 5.59. The second kappa shape index (κ2) is 8.05. The molecular weight excluding hydrogens is 404 g/mol. The second-order valence-corrected chi connectivity index (χ2v) is 9.04. The smallest absolute Gasteiger partial charge is 0.347 e. The van der Waals surface area contributed by atoms with E-state index in [1.165, 1.54) is 0 Å². The van der Waals surface area contributed by atoms with Gasteiger partial charge in [0.1, 0.15) is 11.4 Å². The molecule has 1 aliphatic carbocycles. The van der Waals surface area contributed by atoms with E-state index in [9.17, 15) is 10.1 Å². The van der Waals surface area contributed by atoms with Crippen LogP contribution in [0, 0.1) is 23.1 Å². The van der Waals surface area contributed by atoms with Crippen molar-refractivity contribution in [2.24, 2.45) is 11.8 Å². The minimum atomic E-state index is -0.523. The molecule has 0 aromatic heterocycles. The van der Waals surface area contributed by atoms with Gasteiger partial charge in [0, 0.05) is 21.9 Å². The first kappa shape index (κ1) is 20.3. The first-order valence-electron chi connectivity index (χ1n) is 9.98. The van der Waals surface area contributed by atoms with Gasteiger partial charge in [0.05, 0.1) is 7.11 Å². The number of hydrogen-bond donors (Lipinski definition) is 0. The van der Waals surface area contributed by atoms with Crippen molar-refractivity contribution in [1.82, 2.24) is 0 Å². The second-order valence-electron chi connectivity index (χ2n) is 8.20. The molecule has 5 atom stereocenters. The van der Waals surface area contributed by atoms with Crippen LogP contribution < -0.4 is 4.74 Å². The van der Waals surface area contributed by atoms with Gasteiger partial charge < -0.3 is 9.53 Å². The maximum Gasteiger partial charge on any atom is 0.347 e. The lowest BCUT2D eigenvalue weighted by Crippen LogP contribution is -2.32. The van der Waals surface area contributed by atoms with E-state index in [-0.39, 0.29) is 35.2 Å². The summed E-state index contributed by atoms with van der Waals surface area (Å²) < 4.78 is 5.31. The quantitative estimate of drug-likeness (QED) is 0.569. The summed E-state index contributed by atoms with van der Waals surface area (Å²) in [7, 11) is 1.63. The van der Waals surface area contributed by atoms with Crippen LogP contribution in [0.3, 0.4) is 0 Å². The lowest BCUT2D eigenvalue weighted by Gasteiger charge is -2.42. The lowest BCUT2D eigenvalue weighted by molar-refractivity contribution is -0.117. The highest BCUT2D eigenvalue weighted by Crippen LogP contribution is 2.58. The van der Waals surface area contributed by atoms with Crippen LogP contribution >= 0.6 is 23.2 Å². The van der Waals surface area contributed by atoms with Crippen molar-refractivity contribution in [2.45, 2.75) is 37.4 Å². The number of rotatable bonds is 3. The third-order valence-corrected chi connectivity index (χ3v) is 7.49. The van der Waals surface area contributed by atoms with Crippen molar-refractivity contribution in [3.8, 4) is 11.7 Å². The highest BCUT2D eigenvalue weighted by molar-refractivity contribution is 6.97. The molecule has 1 aliphatic heterocycles. The largest absolute Gasteiger partial charge is 0.497 e. The molecule has 148 valence electrons. The summed E-state index contributed by atoms with van der Waals surface area (Å²) in [4.78, 5) is 12.9. The van der Waals surface area contributed by atoms with Gasteiger partial charge in [-0.3, -0.25) is 0 Å². The van der Waals surface area contributed by atoms with Gasteiger partial charge in [-0.15, -0.1) is 0 Å². The first-order valence-corrected chi connectivity index (χ1v) is 10.7. The normalized spacial score (nSPS) is 28.7. The molecule has 0 radical (unpaired) electrons. The van der Waals surface area contributed by atoms with Gasteiger partial charge in [-0.1, -0.05) is 48.3 Å². The Morgan fingerprint density at radius 3 is 2.41 bits per heavy atom. The van der Waals surface area contributed by atoms with Gasteiger partial charge >= 0.3 is 6.71 Å². The van der Waals surface area contributed by atoms with Gasteiger partial charge in [0.25, 0.3) is 0 Å². The molecule has 0 N–H and O–H groups in total. The van der Waals surface area contributed by atoms with Gasteiger partial charge in [0.2, 0.25) is 0 Å². The van der Waals surface area contributed by atoms with E-state index >= 15 is 0 Å². The van der Waals surface area contributed by atoms with Crippen LogP contribution in [0.5, 0.6) is 5.75 Å². The summed E-state index contributed by atoms with van der Waals surface area (Å²) in [6.45, 7) is 1.53. The molecule has 0 amide bonds. The average molecular weight is 426 g/mol. The van der Waals surface area contributed by atoms with Gasteiger partial charge in [-0.2, -0.15) is 0 Å². The van der Waals surface area contributed by atoms with Crippen molar-refractivity contribution >= 4 is 35.6 Å². The molecule has 1 heterocycles. The molecule has 29 heavy (non-hydrogen) atoms. The number of nitriles is 1. The van der Waals surface area contributed by atoms with E-state index in [4.69, 9.17) is 27.9 Å².